The first-order chi connectivity index (χ1) is 8.22. The van der Waals surface area contributed by atoms with Crippen LogP contribution < -0.4 is 4.90 Å². The van der Waals surface area contributed by atoms with Crippen molar-refractivity contribution >= 4 is 17.0 Å². The van der Waals surface area contributed by atoms with Crippen LogP contribution >= 0.6 is 0 Å². The van der Waals surface area contributed by atoms with Crippen molar-refractivity contribution in [3.8, 4) is 0 Å². The summed E-state index contributed by atoms with van der Waals surface area (Å²) < 4.78 is 0. The Labute approximate surface area is 100 Å². The monoisotopic (exact) mass is 231 g/mol. The number of aryl methyl sites for hydroxylation is 1. The molecule has 1 aromatic carbocycles. The smallest absolute Gasteiger partial charge is 0.203 e. The van der Waals surface area contributed by atoms with Gasteiger partial charge in [-0.3, -0.25) is 0 Å². The Balaban J connectivity index is 1.90. The second-order valence-electron chi connectivity index (χ2n) is 4.80. The van der Waals surface area contributed by atoms with Crippen LogP contribution in [0.3, 0.4) is 0 Å². The Hall–Kier alpha value is -1.55. The van der Waals surface area contributed by atoms with Gasteiger partial charge in [0.1, 0.15) is 0 Å². The summed E-state index contributed by atoms with van der Waals surface area (Å²) >= 11 is 0. The van der Waals surface area contributed by atoms with Crippen LogP contribution in [0.5, 0.6) is 0 Å². The zero-order valence-corrected chi connectivity index (χ0v) is 9.98. The number of H-pyrrole nitrogens is 1. The molecular weight excluding hydrogens is 214 g/mol. The van der Waals surface area contributed by atoms with Crippen LogP contribution in [0.4, 0.5) is 5.95 Å². The number of aromatic amines is 1. The van der Waals surface area contributed by atoms with Gasteiger partial charge in [-0.2, -0.15) is 0 Å². The van der Waals surface area contributed by atoms with Gasteiger partial charge in [0.05, 0.1) is 17.1 Å². The van der Waals surface area contributed by atoms with E-state index in [0.717, 1.165) is 42.9 Å². The summed E-state index contributed by atoms with van der Waals surface area (Å²) in [5.74, 6) is 0.928. The van der Waals surface area contributed by atoms with Crippen LogP contribution in [0.2, 0.25) is 0 Å². The topological polar surface area (TPSA) is 52.1 Å². The first kappa shape index (κ1) is 10.6. The lowest BCUT2D eigenvalue weighted by atomic mass is 10.1. The first-order valence-corrected chi connectivity index (χ1v) is 6.12. The molecule has 0 unspecified atom stereocenters. The molecule has 0 amide bonds. The summed E-state index contributed by atoms with van der Waals surface area (Å²) in [6, 6.07) is 6.24. The summed E-state index contributed by atoms with van der Waals surface area (Å²) in [6.07, 6.45) is 1.52. The molecule has 17 heavy (non-hydrogen) atoms. The highest BCUT2D eigenvalue weighted by Gasteiger charge is 2.19. The van der Waals surface area contributed by atoms with E-state index in [4.69, 9.17) is 0 Å². The minimum Gasteiger partial charge on any atom is -0.393 e. The van der Waals surface area contributed by atoms with E-state index in [0.29, 0.717) is 0 Å². The standard InChI is InChI=1S/C13H17N3O/c1-9-2-3-11-12(8-9)15-13(14-11)16-6-4-10(17)5-7-16/h2-3,8,10,17H,4-7H2,1H3,(H,14,15). The Morgan fingerprint density at radius 1 is 1.35 bits per heavy atom. The van der Waals surface area contributed by atoms with Gasteiger partial charge in [-0.15, -0.1) is 0 Å². The van der Waals surface area contributed by atoms with E-state index in [-0.39, 0.29) is 6.10 Å². The molecule has 0 aliphatic carbocycles. The molecule has 1 aromatic heterocycles. The largest absolute Gasteiger partial charge is 0.393 e. The number of piperidine rings is 1. The summed E-state index contributed by atoms with van der Waals surface area (Å²) in [6.45, 7) is 3.83. The minimum absolute atomic E-state index is 0.141. The van der Waals surface area contributed by atoms with Gasteiger partial charge in [-0.1, -0.05) is 6.07 Å². The number of hydrogen-bond donors (Lipinski definition) is 2. The number of benzene rings is 1. The molecule has 1 aliphatic heterocycles. The average molecular weight is 231 g/mol. The lowest BCUT2D eigenvalue weighted by molar-refractivity contribution is 0.145. The highest BCUT2D eigenvalue weighted by Crippen LogP contribution is 2.21. The van der Waals surface area contributed by atoms with Crippen molar-refractivity contribution in [3.63, 3.8) is 0 Å². The van der Waals surface area contributed by atoms with Gasteiger partial charge in [-0.05, 0) is 37.5 Å². The van der Waals surface area contributed by atoms with Gasteiger partial charge in [0.15, 0.2) is 0 Å². The number of imidazole rings is 1. The fraction of sp³-hybridized carbons (Fsp3) is 0.462. The van der Waals surface area contributed by atoms with Gasteiger partial charge >= 0.3 is 0 Å². The van der Waals surface area contributed by atoms with E-state index >= 15 is 0 Å². The molecule has 1 fully saturated rings. The van der Waals surface area contributed by atoms with Gasteiger partial charge < -0.3 is 15.0 Å². The van der Waals surface area contributed by atoms with E-state index < -0.39 is 0 Å². The van der Waals surface area contributed by atoms with Crippen molar-refractivity contribution in [2.24, 2.45) is 0 Å². The highest BCUT2D eigenvalue weighted by atomic mass is 16.3. The SMILES string of the molecule is Cc1ccc2nc(N3CCC(O)CC3)[nH]c2c1. The third kappa shape index (κ3) is 2.00. The third-order valence-electron chi connectivity index (χ3n) is 3.39. The molecule has 2 N–H and O–H groups in total. The molecule has 3 rings (SSSR count). The Morgan fingerprint density at radius 2 is 2.12 bits per heavy atom. The number of rotatable bonds is 1. The van der Waals surface area contributed by atoms with E-state index in [1.165, 1.54) is 5.56 Å². The molecule has 90 valence electrons. The quantitative estimate of drug-likeness (QED) is 0.787. The second kappa shape index (κ2) is 4.04. The van der Waals surface area contributed by atoms with Gasteiger partial charge in [0.2, 0.25) is 5.95 Å². The van der Waals surface area contributed by atoms with Crippen molar-refractivity contribution in [2.75, 3.05) is 18.0 Å². The second-order valence-corrected chi connectivity index (χ2v) is 4.80. The summed E-state index contributed by atoms with van der Waals surface area (Å²) in [7, 11) is 0. The summed E-state index contributed by atoms with van der Waals surface area (Å²) in [4.78, 5) is 10.2. The highest BCUT2D eigenvalue weighted by molar-refractivity contribution is 5.78. The van der Waals surface area contributed by atoms with Crippen molar-refractivity contribution in [3.05, 3.63) is 23.8 Å². The molecule has 0 atom stereocenters. The first-order valence-electron chi connectivity index (χ1n) is 6.12. The van der Waals surface area contributed by atoms with E-state index in [9.17, 15) is 5.11 Å². The van der Waals surface area contributed by atoms with E-state index in [2.05, 4.69) is 33.9 Å². The molecule has 1 aliphatic rings. The maximum Gasteiger partial charge on any atom is 0.203 e. The number of anilines is 1. The third-order valence-corrected chi connectivity index (χ3v) is 3.39. The number of hydrogen-bond acceptors (Lipinski definition) is 3. The maximum absolute atomic E-state index is 9.49. The number of nitrogens with one attached hydrogen (secondary N) is 1. The fourth-order valence-electron chi connectivity index (χ4n) is 2.34. The van der Waals surface area contributed by atoms with E-state index in [1.807, 2.05) is 6.07 Å². The number of aliphatic hydroxyl groups excluding tert-OH is 1. The molecule has 0 bridgehead atoms. The lowest BCUT2D eigenvalue weighted by Gasteiger charge is -2.29. The van der Waals surface area contributed by atoms with Crippen molar-refractivity contribution in [1.29, 1.82) is 0 Å². The number of fused-ring (bicyclic) bond motifs is 1. The predicted octanol–water partition coefficient (Wildman–Crippen LogP) is 1.83. The van der Waals surface area contributed by atoms with Crippen LogP contribution in [0.15, 0.2) is 18.2 Å². The minimum atomic E-state index is -0.141. The van der Waals surface area contributed by atoms with Gasteiger partial charge in [0, 0.05) is 13.1 Å². The van der Waals surface area contributed by atoms with E-state index in [1.54, 1.807) is 0 Å². The molecule has 0 radical (unpaired) electrons. The molecule has 0 saturated carbocycles. The van der Waals surface area contributed by atoms with Crippen molar-refractivity contribution < 1.29 is 5.11 Å². The molecule has 2 heterocycles. The Kier molecular flexibility index (Phi) is 2.52. The summed E-state index contributed by atoms with van der Waals surface area (Å²) in [5.41, 5.74) is 3.34. The van der Waals surface area contributed by atoms with Crippen LogP contribution in [0.25, 0.3) is 11.0 Å². The number of aromatic nitrogens is 2. The molecule has 1 saturated heterocycles. The van der Waals surface area contributed by atoms with Crippen LogP contribution in [-0.4, -0.2) is 34.3 Å². The zero-order chi connectivity index (χ0) is 11.8. The van der Waals surface area contributed by atoms with Gasteiger partial charge in [0.25, 0.3) is 0 Å². The van der Waals surface area contributed by atoms with Crippen molar-refractivity contribution in [1.82, 2.24) is 9.97 Å². The molecule has 4 nitrogen and oxygen atoms in total. The summed E-state index contributed by atoms with van der Waals surface area (Å²) in [5, 5.41) is 9.49. The van der Waals surface area contributed by atoms with Crippen LogP contribution in [-0.2, 0) is 0 Å². The predicted molar refractivity (Wildman–Crippen MR) is 68.3 cm³/mol. The zero-order valence-electron chi connectivity index (χ0n) is 9.98. The van der Waals surface area contributed by atoms with Crippen molar-refractivity contribution in [2.45, 2.75) is 25.9 Å². The van der Waals surface area contributed by atoms with Crippen LogP contribution in [0, 0.1) is 6.92 Å². The Bertz CT molecular complexity index is 526. The Morgan fingerprint density at radius 3 is 2.88 bits per heavy atom. The average Bonchev–Trinajstić information content (AvgIpc) is 2.72. The molecule has 0 spiro atoms. The van der Waals surface area contributed by atoms with Crippen LogP contribution in [0.1, 0.15) is 18.4 Å². The number of aliphatic hydroxyl groups is 1. The fourth-order valence-corrected chi connectivity index (χ4v) is 2.34. The number of nitrogens with zero attached hydrogens (tertiary/aromatic N) is 2. The molecular formula is C13H17N3O. The molecule has 2 aromatic rings. The van der Waals surface area contributed by atoms with Gasteiger partial charge in [-0.25, -0.2) is 4.98 Å². The lowest BCUT2D eigenvalue weighted by Crippen LogP contribution is -2.36. The molecule has 4 heteroatoms. The maximum atomic E-state index is 9.49. The normalized spacial score (nSPS) is 17.9.